The average molecular weight is 249 g/mol. The van der Waals surface area contributed by atoms with Crippen molar-refractivity contribution in [1.29, 1.82) is 0 Å². The van der Waals surface area contributed by atoms with E-state index >= 15 is 0 Å². The van der Waals surface area contributed by atoms with Gasteiger partial charge in [-0.2, -0.15) is 0 Å². The Morgan fingerprint density at radius 2 is 2.31 bits per heavy atom. The molecular formula is C10H19NO4S. The van der Waals surface area contributed by atoms with Gasteiger partial charge in [-0.3, -0.25) is 0 Å². The van der Waals surface area contributed by atoms with Crippen molar-refractivity contribution in [3.8, 4) is 0 Å². The summed E-state index contributed by atoms with van der Waals surface area (Å²) in [6.07, 6.45) is 0.615. The molecule has 2 rings (SSSR count). The molecule has 2 saturated heterocycles. The molecule has 3 atom stereocenters. The van der Waals surface area contributed by atoms with E-state index in [1.54, 1.807) is 0 Å². The molecule has 0 aromatic carbocycles. The van der Waals surface area contributed by atoms with E-state index in [2.05, 4.69) is 0 Å². The Balaban J connectivity index is 2.15. The lowest BCUT2D eigenvalue weighted by Gasteiger charge is -2.34. The highest BCUT2D eigenvalue weighted by atomic mass is 32.2. The Labute approximate surface area is 95.9 Å². The number of ether oxygens (including phenoxy) is 1. The van der Waals surface area contributed by atoms with Gasteiger partial charge in [-0.05, 0) is 12.8 Å². The van der Waals surface area contributed by atoms with E-state index in [4.69, 9.17) is 10.5 Å². The van der Waals surface area contributed by atoms with Crippen molar-refractivity contribution < 1.29 is 18.3 Å². The summed E-state index contributed by atoms with van der Waals surface area (Å²) in [6, 6.07) is 0. The summed E-state index contributed by atoms with van der Waals surface area (Å²) in [5.41, 5.74) is 5.05. The molecule has 2 fully saturated rings. The highest BCUT2D eigenvalue weighted by Crippen LogP contribution is 2.39. The quantitative estimate of drug-likeness (QED) is 0.680. The second kappa shape index (κ2) is 4.25. The van der Waals surface area contributed by atoms with E-state index in [1.165, 1.54) is 0 Å². The lowest BCUT2D eigenvalue weighted by Crippen LogP contribution is -2.47. The summed E-state index contributed by atoms with van der Waals surface area (Å²) < 4.78 is 28.3. The minimum atomic E-state index is -3.02. The number of aliphatic hydroxyl groups is 1. The lowest BCUT2D eigenvalue weighted by atomic mass is 9.75. The normalized spacial score (nSPS) is 40.0. The lowest BCUT2D eigenvalue weighted by molar-refractivity contribution is -0.00346. The van der Waals surface area contributed by atoms with Crippen LogP contribution < -0.4 is 5.73 Å². The molecule has 0 bridgehead atoms. The van der Waals surface area contributed by atoms with Crippen LogP contribution in [0, 0.1) is 11.3 Å². The van der Waals surface area contributed by atoms with Crippen LogP contribution >= 0.6 is 0 Å². The van der Waals surface area contributed by atoms with E-state index in [-0.39, 0.29) is 24.0 Å². The second-order valence-corrected chi connectivity index (χ2v) is 7.16. The van der Waals surface area contributed by atoms with Crippen molar-refractivity contribution in [2.24, 2.45) is 17.1 Å². The van der Waals surface area contributed by atoms with Gasteiger partial charge in [-0.25, -0.2) is 8.42 Å². The Hall–Kier alpha value is -0.170. The summed E-state index contributed by atoms with van der Waals surface area (Å²) in [6.45, 7) is 1.39. The number of nitrogens with two attached hydrogens (primary N) is 1. The zero-order valence-electron chi connectivity index (χ0n) is 9.26. The molecule has 0 amide bonds. The number of hydrogen-bond donors (Lipinski definition) is 2. The third kappa shape index (κ3) is 2.11. The van der Waals surface area contributed by atoms with Gasteiger partial charge in [0.1, 0.15) is 0 Å². The molecule has 0 saturated carbocycles. The molecule has 5 nitrogen and oxygen atoms in total. The van der Waals surface area contributed by atoms with E-state index in [1.807, 2.05) is 0 Å². The van der Waals surface area contributed by atoms with Crippen molar-refractivity contribution in [3.05, 3.63) is 0 Å². The van der Waals surface area contributed by atoms with E-state index in [0.717, 1.165) is 6.42 Å². The van der Waals surface area contributed by atoms with Crippen LogP contribution in [0.2, 0.25) is 0 Å². The maximum absolute atomic E-state index is 11.5. The van der Waals surface area contributed by atoms with Crippen molar-refractivity contribution >= 4 is 9.84 Å². The zero-order chi connectivity index (χ0) is 11.8. The molecule has 6 heteroatoms. The first-order chi connectivity index (χ1) is 7.49. The summed E-state index contributed by atoms with van der Waals surface area (Å²) >= 11 is 0. The van der Waals surface area contributed by atoms with Crippen molar-refractivity contribution in [3.63, 3.8) is 0 Å². The van der Waals surface area contributed by atoms with Gasteiger partial charge in [0.25, 0.3) is 0 Å². The van der Waals surface area contributed by atoms with Crippen LogP contribution in [0.3, 0.4) is 0 Å². The van der Waals surface area contributed by atoms with Crippen LogP contribution in [0.4, 0.5) is 0 Å². The molecule has 0 aliphatic carbocycles. The molecule has 2 heterocycles. The Bertz CT molecular complexity index is 350. The number of rotatable bonds is 3. The number of sulfone groups is 1. The first-order valence-electron chi connectivity index (χ1n) is 5.65. The summed E-state index contributed by atoms with van der Waals surface area (Å²) in [5, 5.41) is 10.3. The van der Waals surface area contributed by atoms with Crippen molar-refractivity contribution in [2.45, 2.75) is 18.9 Å². The van der Waals surface area contributed by atoms with Crippen LogP contribution in [0.25, 0.3) is 0 Å². The van der Waals surface area contributed by atoms with E-state index in [0.29, 0.717) is 19.6 Å². The van der Waals surface area contributed by atoms with Gasteiger partial charge < -0.3 is 15.6 Å². The molecule has 3 N–H and O–H groups in total. The first kappa shape index (κ1) is 12.3. The van der Waals surface area contributed by atoms with Crippen LogP contribution in [-0.4, -0.2) is 50.9 Å². The van der Waals surface area contributed by atoms with Gasteiger partial charge in [-0.15, -0.1) is 0 Å². The topological polar surface area (TPSA) is 89.6 Å². The first-order valence-corrected chi connectivity index (χ1v) is 7.48. The molecule has 2 aliphatic rings. The molecule has 0 radical (unpaired) electrons. The highest BCUT2D eigenvalue weighted by molar-refractivity contribution is 7.91. The fourth-order valence-corrected chi connectivity index (χ4v) is 4.93. The fraction of sp³-hybridized carbons (Fsp3) is 1.00. The standard InChI is InChI=1S/C10H19NO4S/c11-6-10(2-4-16(13,14)7-10)9(12)8-1-3-15-5-8/h8-9,12H,1-7,11H2. The smallest absolute Gasteiger partial charge is 0.151 e. The molecule has 2 aliphatic heterocycles. The maximum Gasteiger partial charge on any atom is 0.151 e. The van der Waals surface area contributed by atoms with Crippen LogP contribution in [0.15, 0.2) is 0 Å². The van der Waals surface area contributed by atoms with Gasteiger partial charge in [0.2, 0.25) is 0 Å². The minimum absolute atomic E-state index is 0.0220. The van der Waals surface area contributed by atoms with E-state index in [9.17, 15) is 13.5 Å². The third-order valence-electron chi connectivity index (χ3n) is 3.86. The minimum Gasteiger partial charge on any atom is -0.392 e. The highest BCUT2D eigenvalue weighted by Gasteiger charge is 2.49. The SMILES string of the molecule is NCC1(C(O)C2CCOC2)CCS(=O)(=O)C1. The van der Waals surface area contributed by atoms with Gasteiger partial charge in [-0.1, -0.05) is 0 Å². The summed E-state index contributed by atoms with van der Waals surface area (Å²) in [7, 11) is -3.02. The van der Waals surface area contributed by atoms with E-state index < -0.39 is 21.4 Å². The van der Waals surface area contributed by atoms with Gasteiger partial charge in [0, 0.05) is 24.5 Å². The largest absolute Gasteiger partial charge is 0.392 e. The molecule has 94 valence electrons. The molecule has 16 heavy (non-hydrogen) atoms. The Kier molecular flexibility index (Phi) is 3.27. The zero-order valence-corrected chi connectivity index (χ0v) is 10.1. The molecule has 3 unspecified atom stereocenters. The predicted molar refractivity (Wildman–Crippen MR) is 59.7 cm³/mol. The van der Waals surface area contributed by atoms with Crippen LogP contribution in [0.1, 0.15) is 12.8 Å². The van der Waals surface area contributed by atoms with Gasteiger partial charge in [0.15, 0.2) is 9.84 Å². The average Bonchev–Trinajstić information content (AvgIpc) is 2.85. The molecule has 0 aromatic rings. The molecule has 0 spiro atoms. The van der Waals surface area contributed by atoms with Crippen LogP contribution in [-0.2, 0) is 14.6 Å². The summed E-state index contributed by atoms with van der Waals surface area (Å²) in [4.78, 5) is 0. The molecular weight excluding hydrogens is 230 g/mol. The van der Waals surface area contributed by atoms with Crippen LogP contribution in [0.5, 0.6) is 0 Å². The van der Waals surface area contributed by atoms with Gasteiger partial charge >= 0.3 is 0 Å². The van der Waals surface area contributed by atoms with Gasteiger partial charge in [0.05, 0.1) is 24.2 Å². The monoisotopic (exact) mass is 249 g/mol. The Morgan fingerprint density at radius 1 is 1.56 bits per heavy atom. The molecule has 0 aromatic heterocycles. The third-order valence-corrected chi connectivity index (χ3v) is 5.70. The predicted octanol–water partition coefficient (Wildman–Crippen LogP) is -0.853. The summed E-state index contributed by atoms with van der Waals surface area (Å²) in [5.74, 6) is 0.208. The second-order valence-electron chi connectivity index (χ2n) is 4.98. The number of aliphatic hydroxyl groups excluding tert-OH is 1. The number of hydrogen-bond acceptors (Lipinski definition) is 5. The maximum atomic E-state index is 11.5. The van der Waals surface area contributed by atoms with Crippen molar-refractivity contribution in [1.82, 2.24) is 0 Å². The fourth-order valence-electron chi connectivity index (χ4n) is 2.76. The van der Waals surface area contributed by atoms with Crippen molar-refractivity contribution in [2.75, 3.05) is 31.3 Å². The Morgan fingerprint density at radius 3 is 2.75 bits per heavy atom.